The van der Waals surface area contributed by atoms with E-state index in [-0.39, 0.29) is 0 Å². The molecule has 1 unspecified atom stereocenters. The molecule has 1 aliphatic heterocycles. The van der Waals surface area contributed by atoms with E-state index in [9.17, 15) is 0 Å². The molecule has 0 bridgehead atoms. The summed E-state index contributed by atoms with van der Waals surface area (Å²) in [6.45, 7) is 11.5. The molecule has 0 aromatic rings. The Hall–Kier alpha value is -0.120. The Morgan fingerprint density at radius 3 is 2.74 bits per heavy atom. The maximum absolute atomic E-state index is 5.96. The van der Waals surface area contributed by atoms with Gasteiger partial charge in [-0.3, -0.25) is 0 Å². The molecule has 0 aromatic heterocycles. The van der Waals surface area contributed by atoms with Crippen LogP contribution in [0.5, 0.6) is 0 Å². The Morgan fingerprint density at radius 1 is 1.21 bits per heavy atom. The summed E-state index contributed by atoms with van der Waals surface area (Å²) >= 11 is 0. The fraction of sp³-hybridized carbons (Fsp3) is 1.00. The SMILES string of the molecule is CC(C)CNCC1CCN(CCOC2CCCC2)C1. The zero-order valence-electron chi connectivity index (χ0n) is 12.9. The fourth-order valence-electron chi connectivity index (χ4n) is 3.26. The van der Waals surface area contributed by atoms with Gasteiger partial charge in [0.15, 0.2) is 0 Å². The molecule has 2 fully saturated rings. The van der Waals surface area contributed by atoms with Crippen molar-refractivity contribution in [2.24, 2.45) is 11.8 Å². The lowest BCUT2D eigenvalue weighted by Crippen LogP contribution is -2.30. The second-order valence-electron chi connectivity index (χ2n) is 6.78. The number of rotatable bonds is 8. The van der Waals surface area contributed by atoms with Gasteiger partial charge >= 0.3 is 0 Å². The maximum Gasteiger partial charge on any atom is 0.0597 e. The van der Waals surface area contributed by atoms with Crippen molar-refractivity contribution < 1.29 is 4.74 Å². The molecule has 3 heteroatoms. The van der Waals surface area contributed by atoms with Crippen LogP contribution in [0.4, 0.5) is 0 Å². The number of nitrogens with one attached hydrogen (secondary N) is 1. The summed E-state index contributed by atoms with van der Waals surface area (Å²) in [4.78, 5) is 2.58. The molecule has 1 N–H and O–H groups in total. The predicted molar refractivity (Wildman–Crippen MR) is 80.5 cm³/mol. The zero-order chi connectivity index (χ0) is 13.5. The van der Waals surface area contributed by atoms with Gasteiger partial charge in [-0.2, -0.15) is 0 Å². The zero-order valence-corrected chi connectivity index (χ0v) is 12.9. The van der Waals surface area contributed by atoms with Crippen LogP contribution in [0.3, 0.4) is 0 Å². The highest BCUT2D eigenvalue weighted by molar-refractivity contribution is 4.77. The molecule has 2 rings (SSSR count). The van der Waals surface area contributed by atoms with Crippen molar-refractivity contribution in [3.63, 3.8) is 0 Å². The topological polar surface area (TPSA) is 24.5 Å². The van der Waals surface area contributed by atoms with Gasteiger partial charge in [0.2, 0.25) is 0 Å². The van der Waals surface area contributed by atoms with E-state index in [2.05, 4.69) is 24.1 Å². The van der Waals surface area contributed by atoms with Crippen LogP contribution in [0.1, 0.15) is 46.0 Å². The minimum absolute atomic E-state index is 0.575. The first-order valence-corrected chi connectivity index (χ1v) is 8.28. The predicted octanol–water partition coefficient (Wildman–Crippen LogP) is 2.51. The number of likely N-dealkylation sites (tertiary alicyclic amines) is 1. The van der Waals surface area contributed by atoms with Gasteiger partial charge < -0.3 is 15.0 Å². The first-order valence-electron chi connectivity index (χ1n) is 8.28. The Morgan fingerprint density at radius 2 is 2.00 bits per heavy atom. The number of hydrogen-bond donors (Lipinski definition) is 1. The van der Waals surface area contributed by atoms with E-state index in [4.69, 9.17) is 4.74 Å². The van der Waals surface area contributed by atoms with Crippen molar-refractivity contribution in [1.29, 1.82) is 0 Å². The van der Waals surface area contributed by atoms with Gasteiger partial charge in [-0.05, 0) is 50.7 Å². The van der Waals surface area contributed by atoms with Crippen LogP contribution in [0.15, 0.2) is 0 Å². The quantitative estimate of drug-likeness (QED) is 0.732. The van der Waals surface area contributed by atoms with E-state index in [0.717, 1.165) is 31.5 Å². The van der Waals surface area contributed by atoms with Crippen LogP contribution in [0.25, 0.3) is 0 Å². The Kier molecular flexibility index (Phi) is 6.62. The molecule has 112 valence electrons. The first kappa shape index (κ1) is 15.3. The molecule has 0 amide bonds. The van der Waals surface area contributed by atoms with Crippen molar-refractivity contribution in [3.05, 3.63) is 0 Å². The standard InChI is InChI=1S/C16H32N2O/c1-14(2)11-17-12-15-7-8-18(13-15)9-10-19-16-5-3-4-6-16/h14-17H,3-13H2,1-2H3. The van der Waals surface area contributed by atoms with Gasteiger partial charge in [-0.15, -0.1) is 0 Å². The summed E-state index contributed by atoms with van der Waals surface area (Å²) in [6, 6.07) is 0. The second-order valence-corrected chi connectivity index (χ2v) is 6.78. The lowest BCUT2D eigenvalue weighted by molar-refractivity contribution is 0.0450. The van der Waals surface area contributed by atoms with Gasteiger partial charge in [0.05, 0.1) is 12.7 Å². The van der Waals surface area contributed by atoms with Gasteiger partial charge in [0.25, 0.3) is 0 Å². The molecule has 19 heavy (non-hydrogen) atoms. The minimum Gasteiger partial charge on any atom is -0.377 e. The minimum atomic E-state index is 0.575. The van der Waals surface area contributed by atoms with E-state index in [1.165, 1.54) is 51.7 Å². The summed E-state index contributed by atoms with van der Waals surface area (Å²) in [5, 5.41) is 3.59. The molecule has 1 saturated heterocycles. The van der Waals surface area contributed by atoms with E-state index >= 15 is 0 Å². The highest BCUT2D eigenvalue weighted by atomic mass is 16.5. The van der Waals surface area contributed by atoms with Gasteiger partial charge in [0.1, 0.15) is 0 Å². The van der Waals surface area contributed by atoms with Gasteiger partial charge in [-0.1, -0.05) is 26.7 Å². The van der Waals surface area contributed by atoms with Crippen LogP contribution in [-0.4, -0.2) is 50.3 Å². The molecular formula is C16H32N2O. The van der Waals surface area contributed by atoms with Crippen molar-refractivity contribution in [3.8, 4) is 0 Å². The van der Waals surface area contributed by atoms with E-state index < -0.39 is 0 Å². The largest absolute Gasteiger partial charge is 0.377 e. The lowest BCUT2D eigenvalue weighted by Gasteiger charge is -2.18. The maximum atomic E-state index is 5.96. The molecule has 1 atom stereocenters. The summed E-state index contributed by atoms with van der Waals surface area (Å²) < 4.78 is 5.96. The molecule has 2 aliphatic rings. The average Bonchev–Trinajstić information content (AvgIpc) is 3.00. The molecule has 1 heterocycles. The van der Waals surface area contributed by atoms with Crippen molar-refractivity contribution in [1.82, 2.24) is 10.2 Å². The number of ether oxygens (including phenoxy) is 1. The Balaban J connectivity index is 1.49. The summed E-state index contributed by atoms with van der Waals surface area (Å²) in [5.74, 6) is 1.61. The van der Waals surface area contributed by atoms with Gasteiger partial charge in [0, 0.05) is 13.1 Å². The molecule has 3 nitrogen and oxygen atoms in total. The lowest BCUT2D eigenvalue weighted by atomic mass is 10.1. The highest BCUT2D eigenvalue weighted by Gasteiger charge is 2.22. The fourth-order valence-corrected chi connectivity index (χ4v) is 3.26. The highest BCUT2D eigenvalue weighted by Crippen LogP contribution is 2.21. The molecule has 0 aromatic carbocycles. The molecular weight excluding hydrogens is 236 g/mol. The molecule has 1 saturated carbocycles. The van der Waals surface area contributed by atoms with Crippen LogP contribution >= 0.6 is 0 Å². The van der Waals surface area contributed by atoms with Crippen LogP contribution in [0.2, 0.25) is 0 Å². The number of hydrogen-bond acceptors (Lipinski definition) is 3. The average molecular weight is 268 g/mol. The second kappa shape index (κ2) is 8.23. The van der Waals surface area contributed by atoms with Crippen LogP contribution in [0, 0.1) is 11.8 Å². The van der Waals surface area contributed by atoms with Crippen molar-refractivity contribution in [2.75, 3.05) is 39.3 Å². The first-order chi connectivity index (χ1) is 9.24. The van der Waals surface area contributed by atoms with E-state index in [1.54, 1.807) is 0 Å². The van der Waals surface area contributed by atoms with Crippen molar-refractivity contribution >= 4 is 0 Å². The Bertz CT molecular complexity index is 239. The van der Waals surface area contributed by atoms with E-state index in [0.29, 0.717) is 6.10 Å². The number of nitrogens with zero attached hydrogens (tertiary/aromatic N) is 1. The molecule has 0 radical (unpaired) electrons. The summed E-state index contributed by atoms with van der Waals surface area (Å²) in [7, 11) is 0. The summed E-state index contributed by atoms with van der Waals surface area (Å²) in [5.41, 5.74) is 0. The molecule has 1 aliphatic carbocycles. The monoisotopic (exact) mass is 268 g/mol. The third-order valence-electron chi connectivity index (χ3n) is 4.42. The smallest absolute Gasteiger partial charge is 0.0597 e. The Labute approximate surface area is 119 Å². The van der Waals surface area contributed by atoms with Gasteiger partial charge in [-0.25, -0.2) is 0 Å². The van der Waals surface area contributed by atoms with Crippen molar-refractivity contribution in [2.45, 2.75) is 52.1 Å². The van der Waals surface area contributed by atoms with Crippen LogP contribution in [-0.2, 0) is 4.74 Å². The van der Waals surface area contributed by atoms with Crippen LogP contribution < -0.4 is 5.32 Å². The third-order valence-corrected chi connectivity index (χ3v) is 4.42. The molecule has 0 spiro atoms. The third kappa shape index (κ3) is 5.80. The summed E-state index contributed by atoms with van der Waals surface area (Å²) in [6.07, 6.45) is 7.26. The normalized spacial score (nSPS) is 25.7. The van der Waals surface area contributed by atoms with E-state index in [1.807, 2.05) is 0 Å².